The fourth-order valence-corrected chi connectivity index (χ4v) is 2.03. The molecule has 0 aliphatic carbocycles. The highest BCUT2D eigenvalue weighted by Gasteiger charge is 1.95. The van der Waals surface area contributed by atoms with E-state index in [2.05, 4.69) is 13.8 Å². The molecule has 0 aliphatic rings. The normalized spacial score (nSPS) is 11.4. The van der Waals surface area contributed by atoms with Crippen LogP contribution in [-0.2, 0) is 9.47 Å². The maximum Gasteiger partial charge on any atom is 0.0701 e. The van der Waals surface area contributed by atoms with E-state index in [1.54, 1.807) is 0 Å². The Kier molecular flexibility index (Phi) is 15.8. The van der Waals surface area contributed by atoms with Crippen molar-refractivity contribution in [3.05, 3.63) is 0 Å². The van der Waals surface area contributed by atoms with Crippen molar-refractivity contribution < 1.29 is 14.6 Å². The smallest absolute Gasteiger partial charge is 0.0701 e. The van der Waals surface area contributed by atoms with E-state index in [0.717, 1.165) is 18.9 Å². The van der Waals surface area contributed by atoms with Gasteiger partial charge in [0.15, 0.2) is 0 Å². The van der Waals surface area contributed by atoms with Crippen LogP contribution in [0.3, 0.4) is 0 Å². The molecule has 0 atom stereocenters. The van der Waals surface area contributed by atoms with Crippen LogP contribution in [-0.4, -0.2) is 38.1 Å². The van der Waals surface area contributed by atoms with E-state index in [9.17, 15) is 0 Å². The first-order chi connectivity index (χ1) is 9.27. The van der Waals surface area contributed by atoms with E-state index in [4.69, 9.17) is 14.6 Å². The Balaban J connectivity index is 2.91. The summed E-state index contributed by atoms with van der Waals surface area (Å²) in [6.45, 7) is 7.20. The second kappa shape index (κ2) is 15.9. The number of aliphatic hydroxyl groups excluding tert-OH is 1. The van der Waals surface area contributed by atoms with Crippen molar-refractivity contribution >= 4 is 0 Å². The summed E-state index contributed by atoms with van der Waals surface area (Å²) in [5.74, 6) is 0.860. The van der Waals surface area contributed by atoms with Crippen molar-refractivity contribution in [3.8, 4) is 0 Å². The summed E-state index contributed by atoms with van der Waals surface area (Å²) in [6.07, 6.45) is 10.7. The maximum atomic E-state index is 8.50. The summed E-state index contributed by atoms with van der Waals surface area (Å²) in [4.78, 5) is 0. The van der Waals surface area contributed by atoms with Crippen LogP contribution in [0.1, 0.15) is 65.2 Å². The van der Waals surface area contributed by atoms with E-state index in [1.165, 1.54) is 44.9 Å². The molecule has 3 nitrogen and oxygen atoms in total. The molecule has 116 valence electrons. The number of ether oxygens (including phenoxy) is 2. The molecule has 0 aliphatic heterocycles. The van der Waals surface area contributed by atoms with Gasteiger partial charge in [-0.1, -0.05) is 58.8 Å². The van der Waals surface area contributed by atoms with Crippen LogP contribution in [0.15, 0.2) is 0 Å². The molecule has 0 aromatic rings. The second-order valence-electron chi connectivity index (χ2n) is 5.61. The van der Waals surface area contributed by atoms with Gasteiger partial charge in [-0.2, -0.15) is 0 Å². The first-order valence-corrected chi connectivity index (χ1v) is 8.03. The predicted molar refractivity (Wildman–Crippen MR) is 80.5 cm³/mol. The van der Waals surface area contributed by atoms with Gasteiger partial charge < -0.3 is 14.6 Å². The van der Waals surface area contributed by atoms with Gasteiger partial charge in [-0.05, 0) is 12.3 Å². The SMILES string of the molecule is CC(C)CCCCCCCCCOCCOCCO. The summed E-state index contributed by atoms with van der Waals surface area (Å²) < 4.78 is 10.6. The minimum absolute atomic E-state index is 0.0944. The zero-order valence-electron chi connectivity index (χ0n) is 13.0. The van der Waals surface area contributed by atoms with Crippen molar-refractivity contribution in [2.45, 2.75) is 65.2 Å². The fourth-order valence-electron chi connectivity index (χ4n) is 2.03. The third-order valence-corrected chi connectivity index (χ3v) is 3.18. The lowest BCUT2D eigenvalue weighted by Crippen LogP contribution is -2.07. The third kappa shape index (κ3) is 17.9. The lowest BCUT2D eigenvalue weighted by atomic mass is 10.0. The molecule has 0 saturated carbocycles. The molecule has 0 rings (SSSR count). The van der Waals surface area contributed by atoms with Gasteiger partial charge in [-0.15, -0.1) is 0 Å². The summed E-state index contributed by atoms with van der Waals surface area (Å²) in [5.41, 5.74) is 0. The highest BCUT2D eigenvalue weighted by molar-refractivity contribution is 4.49. The summed E-state index contributed by atoms with van der Waals surface area (Å²) in [6, 6.07) is 0. The van der Waals surface area contributed by atoms with Gasteiger partial charge in [0.05, 0.1) is 26.4 Å². The molecule has 0 fully saturated rings. The Bertz CT molecular complexity index is 160. The first kappa shape index (κ1) is 18.9. The second-order valence-corrected chi connectivity index (χ2v) is 5.61. The van der Waals surface area contributed by atoms with E-state index in [-0.39, 0.29) is 6.61 Å². The number of rotatable bonds is 15. The summed E-state index contributed by atoms with van der Waals surface area (Å²) in [5, 5.41) is 8.50. The monoisotopic (exact) mass is 274 g/mol. The van der Waals surface area contributed by atoms with Crippen molar-refractivity contribution in [1.29, 1.82) is 0 Å². The fraction of sp³-hybridized carbons (Fsp3) is 1.00. The molecule has 3 heteroatoms. The number of unbranched alkanes of at least 4 members (excludes halogenated alkanes) is 6. The molecule has 0 radical (unpaired) electrons. The van der Waals surface area contributed by atoms with Gasteiger partial charge in [0.25, 0.3) is 0 Å². The standard InChI is InChI=1S/C16H34O3/c1-16(2)10-8-6-4-3-5-7-9-12-18-14-15-19-13-11-17/h16-17H,3-15H2,1-2H3. The van der Waals surface area contributed by atoms with Crippen LogP contribution in [0, 0.1) is 5.92 Å². The van der Waals surface area contributed by atoms with E-state index >= 15 is 0 Å². The molecule has 0 bridgehead atoms. The zero-order chi connectivity index (χ0) is 14.2. The molecular formula is C16H34O3. The van der Waals surface area contributed by atoms with Gasteiger partial charge in [0, 0.05) is 6.61 Å². The zero-order valence-corrected chi connectivity index (χ0v) is 13.0. The average Bonchev–Trinajstić information content (AvgIpc) is 2.39. The largest absolute Gasteiger partial charge is 0.394 e. The van der Waals surface area contributed by atoms with E-state index in [0.29, 0.717) is 19.8 Å². The number of aliphatic hydroxyl groups is 1. The summed E-state index contributed by atoms with van der Waals surface area (Å²) in [7, 11) is 0. The highest BCUT2D eigenvalue weighted by atomic mass is 16.5. The molecular weight excluding hydrogens is 240 g/mol. The van der Waals surface area contributed by atoms with E-state index in [1.807, 2.05) is 0 Å². The Hall–Kier alpha value is -0.120. The van der Waals surface area contributed by atoms with Gasteiger partial charge in [-0.3, -0.25) is 0 Å². The van der Waals surface area contributed by atoms with Crippen LogP contribution >= 0.6 is 0 Å². The van der Waals surface area contributed by atoms with Crippen molar-refractivity contribution in [2.75, 3.05) is 33.0 Å². The van der Waals surface area contributed by atoms with Crippen molar-refractivity contribution in [3.63, 3.8) is 0 Å². The van der Waals surface area contributed by atoms with Crippen LogP contribution < -0.4 is 0 Å². The Morgan fingerprint density at radius 1 is 0.684 bits per heavy atom. The van der Waals surface area contributed by atoms with Crippen molar-refractivity contribution in [2.24, 2.45) is 5.92 Å². The lowest BCUT2D eigenvalue weighted by molar-refractivity contribution is 0.0321. The molecule has 1 N–H and O–H groups in total. The van der Waals surface area contributed by atoms with Gasteiger partial charge in [-0.25, -0.2) is 0 Å². The van der Waals surface area contributed by atoms with Crippen LogP contribution in [0.5, 0.6) is 0 Å². The lowest BCUT2D eigenvalue weighted by Gasteiger charge is -2.05. The van der Waals surface area contributed by atoms with Crippen LogP contribution in [0.25, 0.3) is 0 Å². The van der Waals surface area contributed by atoms with Crippen LogP contribution in [0.2, 0.25) is 0 Å². The molecule has 19 heavy (non-hydrogen) atoms. The van der Waals surface area contributed by atoms with Crippen molar-refractivity contribution in [1.82, 2.24) is 0 Å². The predicted octanol–water partition coefficient (Wildman–Crippen LogP) is 3.79. The first-order valence-electron chi connectivity index (χ1n) is 8.03. The molecule has 0 amide bonds. The third-order valence-electron chi connectivity index (χ3n) is 3.18. The quantitative estimate of drug-likeness (QED) is 0.462. The number of hydrogen-bond acceptors (Lipinski definition) is 3. The van der Waals surface area contributed by atoms with Crippen LogP contribution in [0.4, 0.5) is 0 Å². The molecule has 0 unspecified atom stereocenters. The Labute approximate surface area is 119 Å². The molecule has 0 aromatic carbocycles. The topological polar surface area (TPSA) is 38.7 Å². The molecule has 0 aromatic heterocycles. The molecule has 0 heterocycles. The van der Waals surface area contributed by atoms with Gasteiger partial charge in [0.2, 0.25) is 0 Å². The minimum Gasteiger partial charge on any atom is -0.394 e. The molecule has 0 saturated heterocycles. The Morgan fingerprint density at radius 2 is 1.21 bits per heavy atom. The maximum absolute atomic E-state index is 8.50. The minimum atomic E-state index is 0.0944. The van der Waals surface area contributed by atoms with Gasteiger partial charge >= 0.3 is 0 Å². The van der Waals surface area contributed by atoms with Gasteiger partial charge in [0.1, 0.15) is 0 Å². The van der Waals surface area contributed by atoms with E-state index < -0.39 is 0 Å². The highest BCUT2D eigenvalue weighted by Crippen LogP contribution is 2.11. The molecule has 0 spiro atoms. The Morgan fingerprint density at radius 3 is 1.79 bits per heavy atom. The summed E-state index contributed by atoms with van der Waals surface area (Å²) >= 11 is 0. The number of hydrogen-bond donors (Lipinski definition) is 1. The average molecular weight is 274 g/mol.